The van der Waals surface area contributed by atoms with E-state index in [4.69, 9.17) is 9.47 Å². The summed E-state index contributed by atoms with van der Waals surface area (Å²) in [7, 11) is 3.90. The van der Waals surface area contributed by atoms with E-state index in [1.807, 2.05) is 20.8 Å². The average molecular weight is 641 g/mol. The lowest BCUT2D eigenvalue weighted by Crippen LogP contribution is -2.51. The molecule has 8 nitrogen and oxygen atoms in total. The Morgan fingerprint density at radius 3 is 2.55 bits per heavy atom. The number of aryl methyl sites for hydroxylation is 1. The summed E-state index contributed by atoms with van der Waals surface area (Å²) in [5.74, 6) is -0.191. The molecule has 0 N–H and O–H groups in total. The Balaban J connectivity index is 1.31. The van der Waals surface area contributed by atoms with Crippen LogP contribution in [0.1, 0.15) is 75.5 Å². The Morgan fingerprint density at radius 2 is 1.83 bits per heavy atom. The van der Waals surface area contributed by atoms with Crippen LogP contribution >= 0.6 is 0 Å². The minimum atomic E-state index is -0.596. The molecule has 3 heterocycles. The van der Waals surface area contributed by atoms with Crippen LogP contribution in [0.25, 0.3) is 16.5 Å². The van der Waals surface area contributed by atoms with E-state index in [0.29, 0.717) is 26.2 Å². The zero-order valence-electron chi connectivity index (χ0n) is 28.9. The largest absolute Gasteiger partial charge is 0.444 e. The number of methoxy groups -OCH3 is 1. The number of carbonyl (C=O) groups excluding carboxylic acids is 2. The molecule has 1 aliphatic carbocycles. The van der Waals surface area contributed by atoms with Gasteiger partial charge in [-0.3, -0.25) is 4.79 Å². The summed E-state index contributed by atoms with van der Waals surface area (Å²) in [6.07, 6.45) is 8.93. The summed E-state index contributed by atoms with van der Waals surface area (Å²) in [4.78, 5) is 34.5. The molecule has 0 unspecified atom stereocenters. The van der Waals surface area contributed by atoms with Gasteiger partial charge in [-0.1, -0.05) is 48.5 Å². The van der Waals surface area contributed by atoms with Crippen molar-refractivity contribution in [1.82, 2.24) is 19.3 Å². The summed E-state index contributed by atoms with van der Waals surface area (Å²) < 4.78 is 13.4. The van der Waals surface area contributed by atoms with Crippen LogP contribution in [0, 0.1) is 5.92 Å². The second-order valence-electron chi connectivity index (χ2n) is 14.7. The smallest absolute Gasteiger partial charge is 0.410 e. The van der Waals surface area contributed by atoms with E-state index in [-0.39, 0.29) is 29.9 Å². The van der Waals surface area contributed by atoms with E-state index in [1.54, 1.807) is 12.0 Å². The highest BCUT2D eigenvalue weighted by Gasteiger charge is 2.43. The summed E-state index contributed by atoms with van der Waals surface area (Å²) in [5.41, 5.74) is 5.58. The number of aromatic nitrogens is 1. The van der Waals surface area contributed by atoms with Crippen LogP contribution in [0.3, 0.4) is 0 Å². The summed E-state index contributed by atoms with van der Waals surface area (Å²) in [6, 6.07) is 17.6. The van der Waals surface area contributed by atoms with Crippen LogP contribution < -0.4 is 0 Å². The first-order chi connectivity index (χ1) is 22.6. The Labute approximate surface area is 280 Å². The van der Waals surface area contributed by atoms with Crippen LogP contribution in [0.4, 0.5) is 4.79 Å². The third-order valence-electron chi connectivity index (χ3n) is 9.91. The average Bonchev–Trinajstić information content (AvgIpc) is 3.85. The van der Waals surface area contributed by atoms with Gasteiger partial charge < -0.3 is 28.7 Å². The Hall–Kier alpha value is -3.62. The van der Waals surface area contributed by atoms with Crippen molar-refractivity contribution in [1.29, 1.82) is 0 Å². The van der Waals surface area contributed by atoms with E-state index < -0.39 is 5.60 Å². The quantitative estimate of drug-likeness (QED) is 0.225. The first-order valence-electron chi connectivity index (χ1n) is 17.4. The van der Waals surface area contributed by atoms with Gasteiger partial charge in [0, 0.05) is 76.1 Å². The van der Waals surface area contributed by atoms with Crippen molar-refractivity contribution < 1.29 is 19.1 Å². The fraction of sp³-hybridized carbons (Fsp3) is 0.538. The van der Waals surface area contributed by atoms with Gasteiger partial charge in [0.05, 0.1) is 5.92 Å². The number of hydrogen-bond acceptors (Lipinski definition) is 5. The molecule has 1 saturated heterocycles. The zero-order valence-corrected chi connectivity index (χ0v) is 28.9. The number of benzene rings is 2. The first-order valence-corrected chi connectivity index (χ1v) is 17.4. The lowest BCUT2D eigenvalue weighted by molar-refractivity contribution is -0.139. The highest BCUT2D eigenvalue weighted by Crippen LogP contribution is 2.40. The molecule has 3 aliphatic rings. The van der Waals surface area contributed by atoms with Gasteiger partial charge in [0.15, 0.2) is 0 Å². The molecule has 2 aromatic carbocycles. The molecule has 3 aromatic rings. The van der Waals surface area contributed by atoms with E-state index in [0.717, 1.165) is 51.7 Å². The van der Waals surface area contributed by atoms with Crippen LogP contribution in [-0.4, -0.2) is 89.9 Å². The number of rotatable bonds is 10. The molecule has 2 amide bonds. The van der Waals surface area contributed by atoms with Crippen molar-refractivity contribution in [2.45, 2.75) is 83.5 Å². The molecule has 2 fully saturated rings. The maximum atomic E-state index is 14.9. The van der Waals surface area contributed by atoms with E-state index in [1.165, 1.54) is 33.2 Å². The molecule has 2 atom stereocenters. The number of nitrogens with zero attached hydrogens (tertiary/aromatic N) is 4. The number of amides is 2. The number of ether oxygens (including phenoxy) is 2. The Bertz CT molecular complexity index is 1600. The number of para-hydroxylation sites is 1. The van der Waals surface area contributed by atoms with E-state index >= 15 is 0 Å². The first kappa shape index (κ1) is 33.3. The molecular weight excluding hydrogens is 588 g/mol. The maximum Gasteiger partial charge on any atom is 0.410 e. The van der Waals surface area contributed by atoms with Gasteiger partial charge in [-0.05, 0) is 94.2 Å². The number of hydrogen-bond donors (Lipinski definition) is 0. The van der Waals surface area contributed by atoms with Gasteiger partial charge in [-0.15, -0.1) is 0 Å². The Kier molecular flexibility index (Phi) is 10.1. The minimum absolute atomic E-state index is 0.0182. The molecule has 0 bridgehead atoms. The molecule has 0 radical (unpaired) electrons. The molecule has 8 heteroatoms. The molecule has 1 aromatic heterocycles. The molecule has 1 saturated carbocycles. The van der Waals surface area contributed by atoms with Gasteiger partial charge in [-0.2, -0.15) is 0 Å². The third-order valence-corrected chi connectivity index (χ3v) is 9.91. The van der Waals surface area contributed by atoms with E-state index in [9.17, 15) is 9.59 Å². The third kappa shape index (κ3) is 7.92. The fourth-order valence-corrected chi connectivity index (χ4v) is 7.28. The molecule has 0 spiro atoms. The lowest BCUT2D eigenvalue weighted by Gasteiger charge is -2.40. The second kappa shape index (κ2) is 14.2. The van der Waals surface area contributed by atoms with Crippen molar-refractivity contribution >= 4 is 28.5 Å². The van der Waals surface area contributed by atoms with Crippen LogP contribution in [-0.2, 0) is 27.4 Å². The molecule has 2 aliphatic heterocycles. The molecule has 6 rings (SSSR count). The number of carbonyl (C=O) groups is 2. The topological polar surface area (TPSA) is 67.2 Å². The van der Waals surface area contributed by atoms with Gasteiger partial charge in [0.2, 0.25) is 5.91 Å². The molecule has 47 heavy (non-hydrogen) atoms. The van der Waals surface area contributed by atoms with E-state index in [2.05, 4.69) is 82.2 Å². The van der Waals surface area contributed by atoms with Crippen molar-refractivity contribution in [3.05, 3.63) is 77.5 Å². The summed E-state index contributed by atoms with van der Waals surface area (Å²) >= 11 is 0. The summed E-state index contributed by atoms with van der Waals surface area (Å²) in [6.45, 7) is 10.7. The van der Waals surface area contributed by atoms with Crippen LogP contribution in [0.2, 0.25) is 0 Å². The number of fused-ring (bicyclic) bond motifs is 1. The fourth-order valence-electron chi connectivity index (χ4n) is 7.28. The number of piperidine rings is 1. The summed E-state index contributed by atoms with van der Waals surface area (Å²) in [5, 5.41) is 1.19. The number of likely N-dealkylation sites (N-methyl/N-ethyl adjacent to an activating group) is 1. The van der Waals surface area contributed by atoms with Crippen LogP contribution in [0.15, 0.2) is 60.8 Å². The number of likely N-dealkylation sites (tertiary alicyclic amines) is 1. The van der Waals surface area contributed by atoms with Gasteiger partial charge in [0.1, 0.15) is 5.60 Å². The second-order valence-corrected chi connectivity index (χ2v) is 14.7. The lowest BCUT2D eigenvalue weighted by atomic mass is 9.78. The monoisotopic (exact) mass is 640 g/mol. The van der Waals surface area contributed by atoms with Crippen LogP contribution in [0.5, 0.6) is 0 Å². The molecule has 252 valence electrons. The normalized spacial score (nSPS) is 20.7. The van der Waals surface area contributed by atoms with Gasteiger partial charge in [0.25, 0.3) is 0 Å². The zero-order chi connectivity index (χ0) is 33.1. The minimum Gasteiger partial charge on any atom is -0.444 e. The predicted molar refractivity (Wildman–Crippen MR) is 187 cm³/mol. The van der Waals surface area contributed by atoms with Crippen molar-refractivity contribution in [3.8, 4) is 0 Å². The van der Waals surface area contributed by atoms with Crippen molar-refractivity contribution in [3.63, 3.8) is 0 Å². The SMILES string of the molecule is COCCCn1cc(CN(C(=O)[C@H]2CN(C(=O)OC(C)(C)C)CC[C@@H]2c2cccc(C3=CCN(C)CC3)c2)C2CC2)c2ccccc21. The predicted octanol–water partition coefficient (Wildman–Crippen LogP) is 6.93. The highest BCUT2D eigenvalue weighted by atomic mass is 16.6. The van der Waals surface area contributed by atoms with Crippen molar-refractivity contribution in [2.24, 2.45) is 5.92 Å². The highest BCUT2D eigenvalue weighted by molar-refractivity contribution is 5.86. The van der Waals surface area contributed by atoms with Gasteiger partial charge >= 0.3 is 6.09 Å². The standard InChI is InChI=1S/C39H52N4O4/c1-39(2,3)47-38(45)42-22-18-33(30-11-8-10-29(24-30)28-16-20-40(4)21-17-28)35(27-42)37(44)43(32-14-15-32)26-31-25-41(19-9-23-46-5)36-13-7-6-12-34(31)36/h6-8,10-13,16,24-25,32-33,35H,9,14-15,17-23,26-27H2,1-5H3/t33-,35+/m1/s1. The maximum absolute atomic E-state index is 14.9. The van der Waals surface area contributed by atoms with Gasteiger partial charge in [-0.25, -0.2) is 4.79 Å². The Morgan fingerprint density at radius 1 is 1.02 bits per heavy atom. The molecular formula is C39H52N4O4. The van der Waals surface area contributed by atoms with Crippen molar-refractivity contribution in [2.75, 3.05) is 46.9 Å².